The molecule has 0 saturated carbocycles. The van der Waals surface area contributed by atoms with E-state index in [0.717, 1.165) is 62.3 Å². The van der Waals surface area contributed by atoms with E-state index in [-0.39, 0.29) is 0 Å². The normalized spacial score (nSPS) is 16.2. The summed E-state index contributed by atoms with van der Waals surface area (Å²) in [4.78, 5) is 8.99. The third-order valence-corrected chi connectivity index (χ3v) is 4.28. The average Bonchev–Trinajstić information content (AvgIpc) is 3.22. The van der Waals surface area contributed by atoms with Crippen LogP contribution in [0.3, 0.4) is 0 Å². The lowest BCUT2D eigenvalue weighted by Crippen LogP contribution is -2.46. The summed E-state index contributed by atoms with van der Waals surface area (Å²) in [5, 5.41) is 16.8. The number of hydrogen-bond donors (Lipinski definition) is 0. The Morgan fingerprint density at radius 2 is 1.96 bits per heavy atom. The van der Waals surface area contributed by atoms with Crippen molar-refractivity contribution in [1.29, 1.82) is 0 Å². The van der Waals surface area contributed by atoms with Crippen LogP contribution in [0.15, 0.2) is 16.7 Å². The molecule has 4 heterocycles. The van der Waals surface area contributed by atoms with Gasteiger partial charge in [-0.05, 0) is 19.1 Å². The topological polar surface area (TPSA) is 88.5 Å². The Morgan fingerprint density at radius 3 is 2.71 bits per heavy atom. The van der Waals surface area contributed by atoms with Crippen molar-refractivity contribution >= 4 is 11.5 Å². The molecule has 0 N–H and O–H groups in total. The van der Waals surface area contributed by atoms with Crippen molar-refractivity contribution in [2.45, 2.75) is 26.8 Å². The van der Waals surface area contributed by atoms with Gasteiger partial charge >= 0.3 is 0 Å². The molecule has 3 aromatic heterocycles. The lowest BCUT2D eigenvalue weighted by molar-refractivity contribution is 0.239. The molecule has 1 aliphatic rings. The van der Waals surface area contributed by atoms with Gasteiger partial charge in [-0.2, -0.15) is 9.50 Å². The van der Waals surface area contributed by atoms with Gasteiger partial charge in [-0.3, -0.25) is 4.90 Å². The highest BCUT2D eigenvalue weighted by Crippen LogP contribution is 2.15. The molecule has 0 amide bonds. The largest absolute Gasteiger partial charge is 0.353 e. The number of nitrogens with zero attached hydrogens (tertiary/aromatic N) is 8. The first-order chi connectivity index (χ1) is 11.7. The fourth-order valence-corrected chi connectivity index (χ4v) is 2.89. The van der Waals surface area contributed by atoms with E-state index < -0.39 is 0 Å². The highest BCUT2D eigenvalue weighted by Gasteiger charge is 2.20. The molecule has 0 aromatic carbocycles. The van der Waals surface area contributed by atoms with Crippen LogP contribution in [0.1, 0.15) is 24.5 Å². The molecule has 0 unspecified atom stereocenters. The Morgan fingerprint density at radius 1 is 1.12 bits per heavy atom. The molecule has 9 heteroatoms. The molecule has 0 bridgehead atoms. The summed E-state index contributed by atoms with van der Waals surface area (Å²) >= 11 is 0. The predicted molar refractivity (Wildman–Crippen MR) is 86.7 cm³/mol. The maximum absolute atomic E-state index is 5.17. The summed E-state index contributed by atoms with van der Waals surface area (Å²) < 4.78 is 6.95. The summed E-state index contributed by atoms with van der Waals surface area (Å²) in [5.74, 6) is 3.22. The Kier molecular flexibility index (Phi) is 3.85. The van der Waals surface area contributed by atoms with Gasteiger partial charge in [-0.25, -0.2) is 0 Å². The minimum atomic E-state index is 0.699. The molecule has 0 aliphatic carbocycles. The Hall–Kier alpha value is -2.55. The van der Waals surface area contributed by atoms with Crippen LogP contribution in [0.5, 0.6) is 0 Å². The fourth-order valence-electron chi connectivity index (χ4n) is 2.89. The maximum atomic E-state index is 5.17. The molecule has 1 saturated heterocycles. The van der Waals surface area contributed by atoms with Gasteiger partial charge in [0.1, 0.15) is 5.82 Å². The maximum Gasteiger partial charge on any atom is 0.226 e. The molecule has 1 aliphatic heterocycles. The molecule has 126 valence electrons. The molecular formula is C15H20N8O. The second kappa shape index (κ2) is 6.16. The van der Waals surface area contributed by atoms with Crippen molar-refractivity contribution in [3.63, 3.8) is 0 Å². The van der Waals surface area contributed by atoms with Gasteiger partial charge in [0.15, 0.2) is 17.3 Å². The SMILES string of the molecule is CCc1nc(CN2CCN(c3ccc4nnc(C)n4n3)CC2)no1. The van der Waals surface area contributed by atoms with Gasteiger partial charge in [0, 0.05) is 32.6 Å². The number of piperazine rings is 1. The first-order valence-corrected chi connectivity index (χ1v) is 8.21. The minimum Gasteiger partial charge on any atom is -0.353 e. The van der Waals surface area contributed by atoms with Gasteiger partial charge in [-0.1, -0.05) is 12.1 Å². The number of hydrogen-bond acceptors (Lipinski definition) is 8. The molecule has 0 atom stereocenters. The smallest absolute Gasteiger partial charge is 0.226 e. The molecule has 4 rings (SSSR count). The van der Waals surface area contributed by atoms with E-state index in [0.29, 0.717) is 5.89 Å². The third-order valence-electron chi connectivity index (χ3n) is 4.28. The molecule has 9 nitrogen and oxygen atoms in total. The van der Waals surface area contributed by atoms with Crippen molar-refractivity contribution in [3.8, 4) is 0 Å². The zero-order valence-corrected chi connectivity index (χ0v) is 13.9. The van der Waals surface area contributed by atoms with Crippen LogP contribution < -0.4 is 4.90 Å². The molecule has 0 radical (unpaired) electrons. The first kappa shape index (κ1) is 15.0. The zero-order chi connectivity index (χ0) is 16.5. The van der Waals surface area contributed by atoms with Crippen molar-refractivity contribution in [2.75, 3.05) is 31.1 Å². The standard InChI is InChI=1S/C15H20N8O/c1-3-15-16-12(20-24-15)10-21-6-8-22(9-7-21)14-5-4-13-18-17-11(2)23(13)19-14/h4-5H,3,6-10H2,1-2H3. The number of fused-ring (bicyclic) bond motifs is 1. The van der Waals surface area contributed by atoms with Crippen LogP contribution >= 0.6 is 0 Å². The van der Waals surface area contributed by atoms with E-state index >= 15 is 0 Å². The van der Waals surface area contributed by atoms with Crippen LogP contribution in [0.4, 0.5) is 5.82 Å². The highest BCUT2D eigenvalue weighted by atomic mass is 16.5. The Balaban J connectivity index is 1.40. The van der Waals surface area contributed by atoms with E-state index in [4.69, 9.17) is 4.52 Å². The van der Waals surface area contributed by atoms with E-state index in [1.807, 2.05) is 26.0 Å². The lowest BCUT2D eigenvalue weighted by atomic mass is 10.3. The van der Waals surface area contributed by atoms with Gasteiger partial charge in [0.25, 0.3) is 0 Å². The summed E-state index contributed by atoms with van der Waals surface area (Å²) in [5.41, 5.74) is 0.777. The quantitative estimate of drug-likeness (QED) is 0.691. The van der Waals surface area contributed by atoms with Crippen molar-refractivity contribution < 1.29 is 4.52 Å². The zero-order valence-electron chi connectivity index (χ0n) is 13.9. The van der Waals surface area contributed by atoms with E-state index in [2.05, 4.69) is 35.2 Å². The number of aryl methyl sites for hydroxylation is 2. The number of anilines is 1. The lowest BCUT2D eigenvalue weighted by Gasteiger charge is -2.34. The number of aromatic nitrogens is 6. The van der Waals surface area contributed by atoms with Crippen LogP contribution in [-0.4, -0.2) is 61.0 Å². The molecular weight excluding hydrogens is 308 g/mol. The van der Waals surface area contributed by atoms with Crippen molar-refractivity contribution in [1.82, 2.24) is 34.9 Å². The summed E-state index contributed by atoms with van der Waals surface area (Å²) in [6.07, 6.45) is 0.775. The monoisotopic (exact) mass is 328 g/mol. The van der Waals surface area contributed by atoms with E-state index in [1.165, 1.54) is 0 Å². The second-order valence-electron chi connectivity index (χ2n) is 5.93. The highest BCUT2D eigenvalue weighted by molar-refractivity contribution is 5.46. The summed E-state index contributed by atoms with van der Waals surface area (Å²) in [6.45, 7) is 8.36. The molecule has 3 aromatic rings. The van der Waals surface area contributed by atoms with E-state index in [9.17, 15) is 0 Å². The Bertz CT molecular complexity index is 833. The van der Waals surface area contributed by atoms with Gasteiger partial charge in [0.2, 0.25) is 5.89 Å². The molecule has 0 spiro atoms. The second-order valence-corrected chi connectivity index (χ2v) is 5.93. The fraction of sp³-hybridized carbons (Fsp3) is 0.533. The molecule has 24 heavy (non-hydrogen) atoms. The summed E-state index contributed by atoms with van der Waals surface area (Å²) in [6, 6.07) is 3.96. The predicted octanol–water partition coefficient (Wildman–Crippen LogP) is 0.700. The number of rotatable bonds is 4. The van der Waals surface area contributed by atoms with Crippen molar-refractivity contribution in [2.24, 2.45) is 0 Å². The van der Waals surface area contributed by atoms with E-state index in [1.54, 1.807) is 4.52 Å². The van der Waals surface area contributed by atoms with Crippen LogP contribution in [0.25, 0.3) is 5.65 Å². The average molecular weight is 328 g/mol. The van der Waals surface area contributed by atoms with Crippen LogP contribution in [-0.2, 0) is 13.0 Å². The van der Waals surface area contributed by atoms with Crippen molar-refractivity contribution in [3.05, 3.63) is 29.7 Å². The van der Waals surface area contributed by atoms with Gasteiger partial charge in [0.05, 0.1) is 6.54 Å². The Labute approximate surface area is 139 Å². The van der Waals surface area contributed by atoms with Crippen LogP contribution in [0, 0.1) is 6.92 Å². The minimum absolute atomic E-state index is 0.699. The van der Waals surface area contributed by atoms with Gasteiger partial charge in [-0.15, -0.1) is 15.3 Å². The molecule has 1 fully saturated rings. The van der Waals surface area contributed by atoms with Gasteiger partial charge < -0.3 is 9.42 Å². The first-order valence-electron chi connectivity index (χ1n) is 8.21. The van der Waals surface area contributed by atoms with Crippen LogP contribution in [0.2, 0.25) is 0 Å². The summed E-state index contributed by atoms with van der Waals surface area (Å²) in [7, 11) is 0. The third kappa shape index (κ3) is 2.82.